The smallest absolute Gasteiger partial charge is 0.309 e. The van der Waals surface area contributed by atoms with E-state index in [4.69, 9.17) is 28.3 Å². The summed E-state index contributed by atoms with van der Waals surface area (Å²) in [6, 6.07) is 4.74. The van der Waals surface area contributed by atoms with Gasteiger partial charge in [-0.05, 0) is 38.5 Å². The van der Waals surface area contributed by atoms with Crippen molar-refractivity contribution in [3.63, 3.8) is 0 Å². The molecule has 0 bridgehead atoms. The number of aliphatic hydroxyl groups excluding tert-OH is 1. The Morgan fingerprint density at radius 3 is 2.53 bits per heavy atom. The minimum atomic E-state index is -1.02. The van der Waals surface area contributed by atoms with Gasteiger partial charge in [-0.3, -0.25) is 4.79 Å². The second-order valence-electron chi connectivity index (χ2n) is 4.57. The van der Waals surface area contributed by atoms with E-state index < -0.39 is 17.5 Å². The van der Waals surface area contributed by atoms with E-state index >= 15 is 0 Å². The summed E-state index contributed by atoms with van der Waals surface area (Å²) in [6.07, 6.45) is -0.880. The molecule has 1 aromatic rings. The van der Waals surface area contributed by atoms with Crippen LogP contribution in [-0.2, 0) is 4.79 Å². The highest BCUT2D eigenvalue weighted by Gasteiger charge is 2.31. The van der Waals surface area contributed by atoms with Crippen molar-refractivity contribution in [2.24, 2.45) is 5.41 Å². The zero-order valence-corrected chi connectivity index (χ0v) is 11.1. The molecule has 0 aromatic heterocycles. The molecule has 3 nitrogen and oxygen atoms in total. The number of hydrogen-bond donors (Lipinski definition) is 2. The van der Waals surface area contributed by atoms with Crippen molar-refractivity contribution in [2.75, 3.05) is 0 Å². The summed E-state index contributed by atoms with van der Waals surface area (Å²) in [5.41, 5.74) is -0.570. The highest BCUT2D eigenvalue weighted by Crippen LogP contribution is 2.34. The van der Waals surface area contributed by atoms with Crippen LogP contribution in [0.3, 0.4) is 0 Å². The van der Waals surface area contributed by atoms with Gasteiger partial charge in [-0.15, -0.1) is 0 Å². The summed E-state index contributed by atoms with van der Waals surface area (Å²) in [5, 5.41) is 19.8. The molecule has 0 radical (unpaired) electrons. The molecule has 0 heterocycles. The van der Waals surface area contributed by atoms with E-state index in [2.05, 4.69) is 0 Å². The van der Waals surface area contributed by atoms with Crippen LogP contribution >= 0.6 is 23.2 Å². The second kappa shape index (κ2) is 5.25. The Bertz CT molecular complexity index is 430. The SMILES string of the molecule is CC(C)(CC(O)c1cc(Cl)ccc1Cl)C(=O)O. The third-order valence-corrected chi connectivity index (χ3v) is 3.18. The normalized spacial score (nSPS) is 13.5. The highest BCUT2D eigenvalue weighted by atomic mass is 35.5. The Kier molecular flexibility index (Phi) is 4.42. The third-order valence-electron chi connectivity index (χ3n) is 2.60. The molecule has 0 saturated heterocycles. The topological polar surface area (TPSA) is 57.5 Å². The first kappa shape index (κ1) is 14.3. The molecule has 0 aliphatic rings. The predicted molar refractivity (Wildman–Crippen MR) is 67.5 cm³/mol. The lowest BCUT2D eigenvalue weighted by Crippen LogP contribution is -2.26. The van der Waals surface area contributed by atoms with Crippen molar-refractivity contribution in [3.05, 3.63) is 33.8 Å². The van der Waals surface area contributed by atoms with Gasteiger partial charge in [-0.1, -0.05) is 23.2 Å². The molecule has 1 unspecified atom stereocenters. The number of carboxylic acids is 1. The average molecular weight is 277 g/mol. The molecule has 0 spiro atoms. The van der Waals surface area contributed by atoms with Gasteiger partial charge in [0, 0.05) is 15.6 Å². The highest BCUT2D eigenvalue weighted by molar-refractivity contribution is 6.33. The lowest BCUT2D eigenvalue weighted by Gasteiger charge is -2.23. The van der Waals surface area contributed by atoms with Gasteiger partial charge >= 0.3 is 5.97 Å². The lowest BCUT2D eigenvalue weighted by atomic mass is 9.85. The van der Waals surface area contributed by atoms with Crippen molar-refractivity contribution in [3.8, 4) is 0 Å². The maximum atomic E-state index is 11.0. The number of carboxylic acid groups (broad SMARTS) is 1. The number of benzene rings is 1. The van der Waals surface area contributed by atoms with Crippen molar-refractivity contribution in [2.45, 2.75) is 26.4 Å². The van der Waals surface area contributed by atoms with Crippen LogP contribution in [0.1, 0.15) is 31.9 Å². The van der Waals surface area contributed by atoms with Gasteiger partial charge in [0.1, 0.15) is 0 Å². The summed E-state index contributed by atoms with van der Waals surface area (Å²) >= 11 is 11.7. The average Bonchev–Trinajstić information content (AvgIpc) is 2.20. The summed E-state index contributed by atoms with van der Waals surface area (Å²) in [7, 11) is 0. The first-order valence-corrected chi connectivity index (χ1v) is 5.86. The molecule has 0 amide bonds. The minimum Gasteiger partial charge on any atom is -0.481 e. The first-order chi connectivity index (χ1) is 7.74. The molecule has 2 N–H and O–H groups in total. The van der Waals surface area contributed by atoms with Crippen LogP contribution in [0, 0.1) is 5.41 Å². The lowest BCUT2D eigenvalue weighted by molar-refractivity contribution is -0.148. The quantitative estimate of drug-likeness (QED) is 0.885. The van der Waals surface area contributed by atoms with Crippen LogP contribution in [0.5, 0.6) is 0 Å². The molecule has 0 fully saturated rings. The molecular formula is C12H14Cl2O3. The number of hydrogen-bond acceptors (Lipinski definition) is 2. The standard InChI is InChI=1S/C12H14Cl2O3/c1-12(2,11(16)17)6-10(15)8-5-7(13)3-4-9(8)14/h3-5,10,15H,6H2,1-2H3,(H,16,17). The third kappa shape index (κ3) is 3.60. The van der Waals surface area contributed by atoms with Gasteiger partial charge in [-0.2, -0.15) is 0 Å². The molecule has 94 valence electrons. The number of aliphatic carboxylic acids is 1. The molecule has 1 atom stereocenters. The van der Waals surface area contributed by atoms with E-state index in [1.54, 1.807) is 32.0 Å². The molecular weight excluding hydrogens is 263 g/mol. The van der Waals surface area contributed by atoms with Gasteiger partial charge in [0.2, 0.25) is 0 Å². The van der Waals surface area contributed by atoms with Crippen LogP contribution in [0.4, 0.5) is 0 Å². The zero-order valence-electron chi connectivity index (χ0n) is 9.58. The fourth-order valence-electron chi connectivity index (χ4n) is 1.45. The Labute approximate surface area is 110 Å². The van der Waals surface area contributed by atoms with Crippen molar-refractivity contribution in [1.82, 2.24) is 0 Å². The van der Waals surface area contributed by atoms with Crippen LogP contribution in [-0.4, -0.2) is 16.2 Å². The van der Waals surface area contributed by atoms with Gasteiger partial charge in [0.05, 0.1) is 11.5 Å². The summed E-state index contributed by atoms with van der Waals surface area (Å²) in [4.78, 5) is 11.0. The molecule has 1 aromatic carbocycles. The van der Waals surface area contributed by atoms with Gasteiger partial charge in [-0.25, -0.2) is 0 Å². The molecule has 0 aliphatic carbocycles. The molecule has 1 rings (SSSR count). The van der Waals surface area contributed by atoms with Crippen LogP contribution < -0.4 is 0 Å². The van der Waals surface area contributed by atoms with E-state index in [-0.39, 0.29) is 6.42 Å². The maximum absolute atomic E-state index is 11.0. The van der Waals surface area contributed by atoms with Crippen LogP contribution in [0.25, 0.3) is 0 Å². The Morgan fingerprint density at radius 1 is 1.41 bits per heavy atom. The molecule has 5 heteroatoms. The molecule has 0 aliphatic heterocycles. The van der Waals surface area contributed by atoms with Gasteiger partial charge < -0.3 is 10.2 Å². The Hall–Kier alpha value is -0.770. The van der Waals surface area contributed by atoms with Crippen molar-refractivity contribution in [1.29, 1.82) is 0 Å². The Balaban J connectivity index is 2.94. The van der Waals surface area contributed by atoms with E-state index in [9.17, 15) is 9.90 Å². The maximum Gasteiger partial charge on any atom is 0.309 e. The largest absolute Gasteiger partial charge is 0.481 e. The first-order valence-electron chi connectivity index (χ1n) is 5.10. The zero-order chi connectivity index (χ0) is 13.2. The van der Waals surface area contributed by atoms with E-state index in [0.717, 1.165) is 0 Å². The van der Waals surface area contributed by atoms with E-state index in [0.29, 0.717) is 15.6 Å². The van der Waals surface area contributed by atoms with E-state index in [1.807, 2.05) is 0 Å². The predicted octanol–water partition coefficient (Wildman–Crippen LogP) is 3.53. The monoisotopic (exact) mass is 276 g/mol. The number of halogens is 2. The van der Waals surface area contributed by atoms with Gasteiger partial charge in [0.15, 0.2) is 0 Å². The number of rotatable bonds is 4. The summed E-state index contributed by atoms with van der Waals surface area (Å²) in [5.74, 6) is -0.963. The summed E-state index contributed by atoms with van der Waals surface area (Å²) < 4.78 is 0. The minimum absolute atomic E-state index is 0.0718. The molecule has 0 saturated carbocycles. The second-order valence-corrected chi connectivity index (χ2v) is 5.42. The number of carbonyl (C=O) groups is 1. The number of aliphatic hydroxyl groups is 1. The van der Waals surface area contributed by atoms with Crippen molar-refractivity contribution < 1.29 is 15.0 Å². The fraction of sp³-hybridized carbons (Fsp3) is 0.417. The molecule has 17 heavy (non-hydrogen) atoms. The summed E-state index contributed by atoms with van der Waals surface area (Å²) in [6.45, 7) is 3.11. The van der Waals surface area contributed by atoms with Crippen molar-refractivity contribution >= 4 is 29.2 Å². The fourth-order valence-corrected chi connectivity index (χ4v) is 1.87. The van der Waals surface area contributed by atoms with Crippen LogP contribution in [0.2, 0.25) is 10.0 Å². The van der Waals surface area contributed by atoms with E-state index in [1.165, 1.54) is 0 Å². The van der Waals surface area contributed by atoms with Crippen LogP contribution in [0.15, 0.2) is 18.2 Å². The Morgan fingerprint density at radius 2 is 2.00 bits per heavy atom. The van der Waals surface area contributed by atoms with Gasteiger partial charge in [0.25, 0.3) is 0 Å².